The molecule has 0 radical (unpaired) electrons. The van der Waals surface area contributed by atoms with Crippen molar-refractivity contribution in [2.45, 2.75) is 17.2 Å². The molecule has 3 aromatic carbocycles. The van der Waals surface area contributed by atoms with E-state index in [1.807, 2.05) is 91.0 Å². The van der Waals surface area contributed by atoms with Crippen LogP contribution in [-0.4, -0.2) is 51.2 Å². The normalized spacial score (nSPS) is 13.8. The first-order valence-corrected chi connectivity index (χ1v) is 10.4. The number of rotatable bonds is 10. The van der Waals surface area contributed by atoms with Gasteiger partial charge in [-0.25, -0.2) is 4.79 Å². The molecule has 0 aliphatic heterocycles. The maximum Gasteiger partial charge on any atom is 0.362 e. The monoisotopic (exact) mass is 451 g/mol. The Bertz CT molecular complexity index is 928. The fraction of sp³-hybridized carbons (Fsp3) is 0.269. The first kappa shape index (κ1) is 24.6. The molecule has 1 atom stereocenters. The first-order chi connectivity index (χ1) is 15.9. The van der Waals surface area contributed by atoms with Crippen LogP contribution in [0.2, 0.25) is 0 Å². The highest BCUT2D eigenvalue weighted by molar-refractivity contribution is 5.81. The highest BCUT2D eigenvalue weighted by Gasteiger charge is 2.64. The van der Waals surface area contributed by atoms with E-state index < -0.39 is 23.2 Å². The lowest BCUT2D eigenvalue weighted by atomic mass is 9.76. The Morgan fingerprint density at radius 3 is 1.30 bits per heavy atom. The lowest BCUT2D eigenvalue weighted by molar-refractivity contribution is -0.414. The minimum atomic E-state index is -2.54. The quantitative estimate of drug-likeness (QED) is 0.278. The molecule has 0 bridgehead atoms. The van der Waals surface area contributed by atoms with Crippen molar-refractivity contribution < 1.29 is 28.8 Å². The van der Waals surface area contributed by atoms with Gasteiger partial charge in [-0.05, 0) is 16.7 Å². The summed E-state index contributed by atoms with van der Waals surface area (Å²) in [7, 11) is 4.87. The lowest BCUT2D eigenvalue weighted by Crippen LogP contribution is -2.74. The molecule has 0 saturated heterocycles. The van der Waals surface area contributed by atoms with Crippen LogP contribution in [0, 0.1) is 0 Å². The molecule has 0 spiro atoms. The molecule has 0 aliphatic carbocycles. The van der Waals surface area contributed by atoms with Crippen molar-refractivity contribution in [2.24, 2.45) is 0 Å². The van der Waals surface area contributed by atoms with Gasteiger partial charge < -0.3 is 24.1 Å². The van der Waals surface area contributed by atoms with Gasteiger partial charge >= 0.3 is 17.7 Å². The summed E-state index contributed by atoms with van der Waals surface area (Å²) in [5.41, 5.74) is -1.15. The number of esters is 1. The van der Waals surface area contributed by atoms with Gasteiger partial charge in [0.1, 0.15) is 0 Å². The third kappa shape index (κ3) is 4.17. The zero-order valence-electron chi connectivity index (χ0n) is 19.1. The topological polar surface area (TPSA) is 86.3 Å². The lowest BCUT2D eigenvalue weighted by Gasteiger charge is -2.48. The van der Waals surface area contributed by atoms with E-state index in [4.69, 9.17) is 18.9 Å². The van der Waals surface area contributed by atoms with E-state index in [9.17, 15) is 9.90 Å². The number of hydrogen-bond donors (Lipinski definition) is 2. The largest absolute Gasteiger partial charge is 0.466 e. The summed E-state index contributed by atoms with van der Waals surface area (Å²) in [6.07, 6.45) is 0. The molecule has 174 valence electrons. The minimum Gasteiger partial charge on any atom is -0.466 e. The van der Waals surface area contributed by atoms with Gasteiger partial charge in [0, 0.05) is 21.3 Å². The van der Waals surface area contributed by atoms with Crippen LogP contribution < -0.4 is 5.32 Å². The molecule has 33 heavy (non-hydrogen) atoms. The van der Waals surface area contributed by atoms with Gasteiger partial charge in [0.15, 0.2) is 0 Å². The maximum absolute atomic E-state index is 13.3. The fourth-order valence-corrected chi connectivity index (χ4v) is 4.08. The van der Waals surface area contributed by atoms with Crippen LogP contribution in [0.5, 0.6) is 0 Å². The maximum atomic E-state index is 13.3. The Balaban J connectivity index is 2.44. The summed E-state index contributed by atoms with van der Waals surface area (Å²) in [4.78, 5) is 13.3. The van der Waals surface area contributed by atoms with Gasteiger partial charge in [0.05, 0.1) is 12.6 Å². The molecule has 0 amide bonds. The third-order valence-corrected chi connectivity index (χ3v) is 5.76. The highest BCUT2D eigenvalue weighted by atomic mass is 16.8. The SMILES string of the molecule is COC(=O)[C@](NC(c1ccccc1)(c1ccccc1)c1ccccc1)(OC)C(O)(OC)OC. The van der Waals surface area contributed by atoms with Crippen LogP contribution in [0.25, 0.3) is 0 Å². The van der Waals surface area contributed by atoms with E-state index in [1.165, 1.54) is 28.4 Å². The van der Waals surface area contributed by atoms with E-state index in [0.717, 1.165) is 16.7 Å². The predicted molar refractivity (Wildman–Crippen MR) is 123 cm³/mol. The van der Waals surface area contributed by atoms with Gasteiger partial charge in [-0.15, -0.1) is 0 Å². The number of carbonyl (C=O) groups is 1. The van der Waals surface area contributed by atoms with Gasteiger partial charge in [-0.2, -0.15) is 0 Å². The van der Waals surface area contributed by atoms with Crippen molar-refractivity contribution in [2.75, 3.05) is 28.4 Å². The smallest absolute Gasteiger partial charge is 0.362 e. The average molecular weight is 452 g/mol. The molecule has 0 heterocycles. The summed E-state index contributed by atoms with van der Waals surface area (Å²) in [5.74, 6) is -3.48. The number of nitrogens with one attached hydrogen (secondary N) is 1. The van der Waals surface area contributed by atoms with Crippen LogP contribution in [0.15, 0.2) is 91.0 Å². The van der Waals surface area contributed by atoms with Crippen molar-refractivity contribution >= 4 is 5.97 Å². The Hall–Kier alpha value is -3.07. The molecule has 3 rings (SSSR count). The molecule has 0 saturated carbocycles. The number of ether oxygens (including phenoxy) is 4. The molecular formula is C26H29NO6. The van der Waals surface area contributed by atoms with E-state index in [-0.39, 0.29) is 0 Å². The molecule has 2 N–H and O–H groups in total. The minimum absolute atomic E-state index is 0.780. The van der Waals surface area contributed by atoms with Crippen molar-refractivity contribution in [3.05, 3.63) is 108 Å². The van der Waals surface area contributed by atoms with E-state index in [0.29, 0.717) is 0 Å². The summed E-state index contributed by atoms with van der Waals surface area (Å²) >= 11 is 0. The summed E-state index contributed by atoms with van der Waals surface area (Å²) < 4.78 is 21.3. The van der Waals surface area contributed by atoms with Crippen LogP contribution in [-0.2, 0) is 29.3 Å². The van der Waals surface area contributed by atoms with Gasteiger partial charge in [0.25, 0.3) is 0 Å². The first-order valence-electron chi connectivity index (χ1n) is 10.4. The van der Waals surface area contributed by atoms with E-state index >= 15 is 0 Å². The molecule has 3 aromatic rings. The fourth-order valence-electron chi connectivity index (χ4n) is 4.08. The number of benzene rings is 3. The van der Waals surface area contributed by atoms with E-state index in [1.54, 1.807) is 0 Å². The molecule has 0 fully saturated rings. The van der Waals surface area contributed by atoms with Crippen molar-refractivity contribution in [3.63, 3.8) is 0 Å². The zero-order valence-corrected chi connectivity index (χ0v) is 19.1. The Morgan fingerprint density at radius 1 is 0.667 bits per heavy atom. The van der Waals surface area contributed by atoms with Crippen molar-refractivity contribution in [1.29, 1.82) is 0 Å². The van der Waals surface area contributed by atoms with Gasteiger partial charge in [0.2, 0.25) is 0 Å². The van der Waals surface area contributed by atoms with Crippen LogP contribution in [0.4, 0.5) is 0 Å². The number of methoxy groups -OCH3 is 4. The summed E-state index contributed by atoms with van der Waals surface area (Å²) in [6, 6.07) is 28.6. The second kappa shape index (κ2) is 10.2. The molecule has 0 aromatic heterocycles. The van der Waals surface area contributed by atoms with Crippen LogP contribution in [0.3, 0.4) is 0 Å². The summed E-state index contributed by atoms with van der Waals surface area (Å²) in [6.45, 7) is 0. The molecule has 7 nitrogen and oxygen atoms in total. The van der Waals surface area contributed by atoms with Crippen LogP contribution >= 0.6 is 0 Å². The van der Waals surface area contributed by atoms with Crippen molar-refractivity contribution in [1.82, 2.24) is 5.32 Å². The predicted octanol–water partition coefficient (Wildman–Crippen LogP) is 3.02. The van der Waals surface area contributed by atoms with E-state index in [2.05, 4.69) is 5.32 Å². The number of hydrogen-bond acceptors (Lipinski definition) is 7. The zero-order chi connectivity index (χ0) is 24.0. The second-order valence-corrected chi connectivity index (χ2v) is 7.34. The number of carbonyl (C=O) groups excluding carboxylic acids is 1. The number of aliphatic hydroxyl groups is 1. The Labute approximate surface area is 193 Å². The standard InChI is InChI=1S/C26H29NO6/c1-30-23(28)25(31-2,26(29,32-3)33-4)27-24(20-14-8-5-9-15-20,21-16-10-6-11-17-21)22-18-12-7-13-19-22/h5-19,27,29H,1-4H3/t25-/m0/s1. The molecule has 0 aliphatic rings. The van der Waals surface area contributed by atoms with Gasteiger partial charge in [-0.3, -0.25) is 5.32 Å². The molecular weight excluding hydrogens is 422 g/mol. The highest BCUT2D eigenvalue weighted by Crippen LogP contribution is 2.41. The Kier molecular flexibility index (Phi) is 7.63. The Morgan fingerprint density at radius 2 is 1.03 bits per heavy atom. The molecule has 0 unspecified atom stereocenters. The molecule has 7 heteroatoms. The second-order valence-electron chi connectivity index (χ2n) is 7.34. The van der Waals surface area contributed by atoms with Crippen molar-refractivity contribution in [3.8, 4) is 0 Å². The summed E-state index contributed by atoms with van der Waals surface area (Å²) in [5, 5.41) is 14.6. The van der Waals surface area contributed by atoms with Gasteiger partial charge in [-0.1, -0.05) is 91.0 Å². The van der Waals surface area contributed by atoms with Crippen LogP contribution in [0.1, 0.15) is 16.7 Å². The average Bonchev–Trinajstić information content (AvgIpc) is 2.90. The third-order valence-electron chi connectivity index (χ3n) is 5.76.